The lowest BCUT2D eigenvalue weighted by molar-refractivity contribution is -0.652. The number of Topliss-reactive ketones (excluding diaryl/α,β-unsaturated/α-hetero) is 1. The Balaban J connectivity index is 1.28. The van der Waals surface area contributed by atoms with Crippen molar-refractivity contribution in [2.75, 3.05) is 34.1 Å². The van der Waals surface area contributed by atoms with Crippen molar-refractivity contribution in [2.45, 2.75) is 26.7 Å². The number of nitrogens with zero attached hydrogens (tertiary/aromatic N) is 3. The molecule has 2 aliphatic heterocycles. The Morgan fingerprint density at radius 3 is 2.56 bits per heavy atom. The van der Waals surface area contributed by atoms with E-state index in [9.17, 15) is 4.79 Å². The Morgan fingerprint density at radius 1 is 0.979 bits per heavy atom. The van der Waals surface area contributed by atoms with Crippen LogP contribution in [-0.4, -0.2) is 24.7 Å². The minimum Gasteiger partial charge on any atom is -0.398 e. The van der Waals surface area contributed by atoms with E-state index in [0.29, 0.717) is 17.3 Å². The van der Waals surface area contributed by atoms with E-state index in [4.69, 9.17) is 16.0 Å². The molecule has 0 spiro atoms. The van der Waals surface area contributed by atoms with E-state index < -0.39 is 0 Å². The molecule has 4 aromatic carbocycles. The third-order valence-corrected chi connectivity index (χ3v) is 10.2. The predicted octanol–water partition coefficient (Wildman–Crippen LogP) is 9.83. The van der Waals surface area contributed by atoms with Gasteiger partial charge in [0.2, 0.25) is 11.4 Å². The molecule has 0 bridgehead atoms. The number of carbonyl (C=O) groups is 1. The summed E-state index contributed by atoms with van der Waals surface area (Å²) in [4.78, 5) is 19.1. The fourth-order valence-corrected chi connectivity index (χ4v) is 7.56. The maximum atomic E-state index is 13.7. The Morgan fingerprint density at radius 2 is 1.79 bits per heavy atom. The molecule has 0 unspecified atom stereocenters. The minimum atomic E-state index is 0.0151. The number of aromatic nitrogens is 1. The summed E-state index contributed by atoms with van der Waals surface area (Å²) in [6, 6.07) is 30.7. The van der Waals surface area contributed by atoms with Crippen molar-refractivity contribution in [2.24, 2.45) is 7.05 Å². The van der Waals surface area contributed by atoms with Gasteiger partial charge < -0.3 is 19.5 Å². The SMILES string of the molecule is CCN1C(=CC(C)=Cc2oc3ccccc3[n+]2C)N(CNc2ccc(Cl)cc2C(=O)C2=CCCCS2)c2cc(-c3ccccc3)ccc21. The van der Waals surface area contributed by atoms with Crippen molar-refractivity contribution in [3.63, 3.8) is 0 Å². The molecular formula is C40H38ClN4O2S+. The van der Waals surface area contributed by atoms with E-state index >= 15 is 0 Å². The molecule has 1 aromatic heterocycles. The van der Waals surface area contributed by atoms with Gasteiger partial charge in [-0.05, 0) is 91.6 Å². The summed E-state index contributed by atoms with van der Waals surface area (Å²) in [5.41, 5.74) is 8.80. The number of ketones is 1. The number of oxazole rings is 1. The zero-order valence-corrected chi connectivity index (χ0v) is 28.9. The number of fused-ring (bicyclic) bond motifs is 2. The van der Waals surface area contributed by atoms with Gasteiger partial charge >= 0.3 is 5.89 Å². The second-order valence-electron chi connectivity index (χ2n) is 12.0. The number of anilines is 3. The molecule has 3 heterocycles. The van der Waals surface area contributed by atoms with E-state index in [-0.39, 0.29) is 5.78 Å². The topological polar surface area (TPSA) is 52.6 Å². The molecule has 0 saturated heterocycles. The van der Waals surface area contributed by atoms with E-state index in [1.54, 1.807) is 17.8 Å². The lowest BCUT2D eigenvalue weighted by atomic mass is 10.0. The molecule has 1 N–H and O–H groups in total. The molecule has 6 nitrogen and oxygen atoms in total. The second-order valence-corrected chi connectivity index (χ2v) is 13.6. The van der Waals surface area contributed by atoms with E-state index in [0.717, 1.165) is 86.6 Å². The number of thioether (sulfide) groups is 1. The van der Waals surface area contributed by atoms with E-state index in [1.807, 2.05) is 43.4 Å². The lowest BCUT2D eigenvalue weighted by Crippen LogP contribution is -2.32. The van der Waals surface area contributed by atoms with Crippen LogP contribution >= 0.6 is 23.4 Å². The van der Waals surface area contributed by atoms with Crippen molar-refractivity contribution >= 4 is 63.4 Å². The van der Waals surface area contributed by atoms with Gasteiger partial charge in [0, 0.05) is 28.9 Å². The maximum Gasteiger partial charge on any atom is 0.374 e. The van der Waals surface area contributed by atoms with Gasteiger partial charge in [0.15, 0.2) is 0 Å². The number of carbonyl (C=O) groups excluding carboxylic acids is 1. The molecule has 0 aliphatic carbocycles. The lowest BCUT2D eigenvalue weighted by Gasteiger charge is -2.26. The summed E-state index contributed by atoms with van der Waals surface area (Å²) < 4.78 is 8.28. The van der Waals surface area contributed by atoms with Gasteiger partial charge in [-0.1, -0.05) is 66.2 Å². The van der Waals surface area contributed by atoms with Crippen molar-refractivity contribution in [3.05, 3.63) is 136 Å². The Hall–Kier alpha value is -4.72. The number of halogens is 1. The molecule has 242 valence electrons. The van der Waals surface area contributed by atoms with Crippen LogP contribution in [0.4, 0.5) is 17.1 Å². The molecule has 7 rings (SSSR count). The molecule has 48 heavy (non-hydrogen) atoms. The van der Waals surface area contributed by atoms with Gasteiger partial charge in [-0.15, -0.1) is 11.8 Å². The molecular weight excluding hydrogens is 636 g/mol. The number of rotatable bonds is 9. The average molecular weight is 674 g/mol. The molecule has 0 amide bonds. The highest BCUT2D eigenvalue weighted by atomic mass is 35.5. The number of hydrogen-bond acceptors (Lipinski definition) is 6. The van der Waals surface area contributed by atoms with Crippen molar-refractivity contribution in [3.8, 4) is 11.1 Å². The van der Waals surface area contributed by atoms with E-state index in [1.165, 1.54) is 0 Å². The third-order valence-electron chi connectivity index (χ3n) is 8.83. The van der Waals surface area contributed by atoms with Crippen LogP contribution in [0.1, 0.15) is 42.9 Å². The highest BCUT2D eigenvalue weighted by molar-refractivity contribution is 8.04. The van der Waals surface area contributed by atoms with Crippen molar-refractivity contribution < 1.29 is 13.8 Å². The van der Waals surface area contributed by atoms with Crippen LogP contribution in [0.2, 0.25) is 5.02 Å². The Bertz CT molecular complexity index is 2100. The van der Waals surface area contributed by atoms with Gasteiger partial charge in [-0.25, -0.2) is 0 Å². The number of para-hydroxylation sites is 2. The van der Waals surface area contributed by atoms with Gasteiger partial charge in [-0.3, -0.25) is 4.79 Å². The summed E-state index contributed by atoms with van der Waals surface area (Å²) in [5, 5.41) is 4.17. The monoisotopic (exact) mass is 673 g/mol. The third kappa shape index (κ3) is 6.28. The molecule has 8 heteroatoms. The number of benzene rings is 4. The Labute approximate surface area is 291 Å². The van der Waals surface area contributed by atoms with Gasteiger partial charge in [-0.2, -0.15) is 4.57 Å². The fraction of sp³-hybridized carbons (Fsp3) is 0.200. The average Bonchev–Trinajstić information content (AvgIpc) is 3.59. The number of allylic oxidation sites excluding steroid dienone is 4. The maximum absolute atomic E-state index is 13.7. The van der Waals surface area contributed by atoms with Gasteiger partial charge in [0.25, 0.3) is 5.52 Å². The first kappa shape index (κ1) is 31.9. The highest BCUT2D eigenvalue weighted by Crippen LogP contribution is 2.44. The molecule has 5 aromatic rings. The first-order valence-electron chi connectivity index (χ1n) is 16.3. The number of nitrogens with one attached hydrogen (secondary N) is 1. The highest BCUT2D eigenvalue weighted by Gasteiger charge is 2.31. The molecule has 0 radical (unpaired) electrons. The zero-order chi connectivity index (χ0) is 33.2. The van der Waals surface area contributed by atoms with Crippen molar-refractivity contribution in [1.82, 2.24) is 0 Å². The summed E-state index contributed by atoms with van der Waals surface area (Å²) in [7, 11) is 2.02. The van der Waals surface area contributed by atoms with Crippen LogP contribution in [0, 0.1) is 0 Å². The normalized spacial score (nSPS) is 15.6. The summed E-state index contributed by atoms with van der Waals surface area (Å²) in [6.07, 6.45) is 8.35. The van der Waals surface area contributed by atoms with Gasteiger partial charge in [0.1, 0.15) is 12.9 Å². The standard InChI is InChI=1S/C40H37ClN4O2S/c1-4-44-33-20-17-29(28-12-6-5-7-13-28)24-35(33)45(38(44)22-27(2)23-39-43(3)34-14-8-9-15-36(34)47-39)26-42-32-19-18-30(41)25-31(32)40(46)37-16-10-11-21-48-37/h5-9,12-20,22-25H,4,10-11,21,26H2,1-3H3/p+1. The summed E-state index contributed by atoms with van der Waals surface area (Å²) in [5.74, 6) is 2.78. The zero-order valence-electron chi connectivity index (χ0n) is 27.4. The largest absolute Gasteiger partial charge is 0.398 e. The van der Waals surface area contributed by atoms with Crippen LogP contribution in [0.5, 0.6) is 0 Å². The second kappa shape index (κ2) is 13.8. The summed E-state index contributed by atoms with van der Waals surface area (Å²) >= 11 is 8.07. The van der Waals surface area contributed by atoms with Crippen LogP contribution in [0.3, 0.4) is 0 Å². The first-order chi connectivity index (χ1) is 23.4. The smallest absolute Gasteiger partial charge is 0.374 e. The molecule has 0 fully saturated rings. The van der Waals surface area contributed by atoms with Crippen LogP contribution < -0.4 is 19.7 Å². The minimum absolute atomic E-state index is 0.0151. The van der Waals surface area contributed by atoms with Gasteiger partial charge in [0.05, 0.1) is 29.0 Å². The predicted molar refractivity (Wildman–Crippen MR) is 201 cm³/mol. The van der Waals surface area contributed by atoms with Crippen LogP contribution in [-0.2, 0) is 7.05 Å². The Kier molecular flexibility index (Phi) is 9.15. The molecule has 0 atom stereocenters. The van der Waals surface area contributed by atoms with Crippen molar-refractivity contribution in [1.29, 1.82) is 0 Å². The molecule has 2 aliphatic rings. The first-order valence-corrected chi connectivity index (χ1v) is 17.7. The number of hydrogen-bond donors (Lipinski definition) is 1. The van der Waals surface area contributed by atoms with E-state index in [2.05, 4.69) is 100 Å². The number of aryl methyl sites for hydroxylation is 1. The quantitative estimate of drug-likeness (QED) is 0.124. The van der Waals surface area contributed by atoms with Crippen LogP contribution in [0.15, 0.2) is 124 Å². The molecule has 0 saturated carbocycles. The summed E-state index contributed by atoms with van der Waals surface area (Å²) in [6.45, 7) is 5.49. The fourth-order valence-electron chi connectivity index (χ4n) is 6.38. The van der Waals surface area contributed by atoms with Crippen LogP contribution in [0.25, 0.3) is 28.3 Å².